The molecule has 0 unspecified atom stereocenters. The largest absolute Gasteiger partial charge is 0.456 e. The average molecular weight is 1500 g/mol. The number of hydrogen-bond acceptors (Lipinski definition) is 9. The van der Waals surface area contributed by atoms with Crippen LogP contribution in [0.25, 0.3) is 221 Å². The smallest absolute Gasteiger partial charge is 0.165 e. The van der Waals surface area contributed by atoms with Crippen LogP contribution in [0.1, 0.15) is 25.0 Å². The predicted molar refractivity (Wildman–Crippen MR) is 477 cm³/mol. The fourth-order valence-corrected chi connectivity index (χ4v) is 19.1. The van der Waals surface area contributed by atoms with Crippen LogP contribution < -0.4 is 0 Å². The van der Waals surface area contributed by atoms with Crippen LogP contribution in [0.4, 0.5) is 0 Å². The quantitative estimate of drug-likeness (QED) is 0.133. The summed E-state index contributed by atoms with van der Waals surface area (Å²) in [5.41, 5.74) is 25.2. The van der Waals surface area contributed by atoms with Crippen molar-refractivity contribution >= 4 is 119 Å². The summed E-state index contributed by atoms with van der Waals surface area (Å²) in [6, 6.07) is 128. The fourth-order valence-electron chi connectivity index (χ4n) is 17.8. The summed E-state index contributed by atoms with van der Waals surface area (Å²) >= 11 is 1.78. The Bertz CT molecular complexity index is 7930. The summed E-state index contributed by atoms with van der Waals surface area (Å²) in [7, 11) is 0. The zero-order valence-electron chi connectivity index (χ0n) is 62.9. The summed E-state index contributed by atoms with van der Waals surface area (Å²) in [5, 5.41) is 11.3. The Labute approximate surface area is 669 Å². The number of fused-ring (bicyclic) bond motifs is 18. The second kappa shape index (κ2) is 26.6. The summed E-state index contributed by atoms with van der Waals surface area (Å²) in [6.07, 6.45) is 0. The van der Waals surface area contributed by atoms with Crippen molar-refractivity contribution in [2.24, 2.45) is 0 Å². The van der Waals surface area contributed by atoms with E-state index in [1.165, 1.54) is 81.5 Å². The molecule has 16 aromatic carbocycles. The van der Waals surface area contributed by atoms with E-state index in [2.05, 4.69) is 326 Å². The zero-order chi connectivity index (χ0) is 76.7. The maximum absolute atomic E-state index is 6.72. The highest BCUT2D eigenvalue weighted by atomic mass is 32.1. The third-order valence-corrected chi connectivity index (χ3v) is 24.6. The van der Waals surface area contributed by atoms with Crippen molar-refractivity contribution in [1.29, 1.82) is 0 Å². The first kappa shape index (κ1) is 66.7. The monoisotopic (exact) mass is 1500 g/mol. The first-order valence-electron chi connectivity index (χ1n) is 39.1. The van der Waals surface area contributed by atoms with E-state index < -0.39 is 0 Å². The number of nitrogens with zero attached hydrogens (tertiary/aromatic N) is 8. The Kier molecular flexibility index (Phi) is 15.3. The summed E-state index contributed by atoms with van der Waals surface area (Å²) in [5.74, 6) is 3.74. The number of furan rings is 2. The molecule has 1 aliphatic carbocycles. The van der Waals surface area contributed by atoms with Gasteiger partial charge >= 0.3 is 0 Å². The molecule has 11 heteroatoms. The summed E-state index contributed by atoms with van der Waals surface area (Å²) < 4.78 is 20.5. The Balaban J connectivity index is 0.000000137. The van der Waals surface area contributed by atoms with Crippen LogP contribution in [0.5, 0.6) is 0 Å². The van der Waals surface area contributed by atoms with E-state index >= 15 is 0 Å². The third-order valence-electron chi connectivity index (χ3n) is 23.3. The lowest BCUT2D eigenvalue weighted by atomic mass is 9.82. The van der Waals surface area contributed by atoms with Gasteiger partial charge in [-0.15, -0.1) is 11.3 Å². The maximum atomic E-state index is 6.72. The Morgan fingerprint density at radius 1 is 0.241 bits per heavy atom. The Morgan fingerprint density at radius 3 is 1.18 bits per heavy atom. The second-order valence-electron chi connectivity index (χ2n) is 30.4. The number of rotatable bonds is 10. The van der Waals surface area contributed by atoms with Crippen molar-refractivity contribution in [2.45, 2.75) is 19.3 Å². The van der Waals surface area contributed by atoms with E-state index in [-0.39, 0.29) is 5.41 Å². The minimum absolute atomic E-state index is 0.149. The first-order valence-corrected chi connectivity index (χ1v) is 39.9. The van der Waals surface area contributed by atoms with Crippen molar-refractivity contribution in [3.8, 4) is 113 Å². The van der Waals surface area contributed by atoms with Crippen molar-refractivity contribution in [1.82, 2.24) is 39.0 Å². The minimum atomic E-state index is -0.149. The van der Waals surface area contributed by atoms with Gasteiger partial charge in [0.1, 0.15) is 22.3 Å². The molecule has 23 aromatic rings. The van der Waals surface area contributed by atoms with E-state index in [4.69, 9.17) is 38.7 Å². The molecule has 0 saturated heterocycles. The van der Waals surface area contributed by atoms with E-state index in [0.29, 0.717) is 34.9 Å². The van der Waals surface area contributed by atoms with Gasteiger partial charge in [0.15, 0.2) is 34.9 Å². The number of benzene rings is 16. The van der Waals surface area contributed by atoms with Crippen molar-refractivity contribution in [2.75, 3.05) is 0 Å². The fraction of sp³-hybridized carbons (Fsp3) is 0.0286. The number of hydrogen-bond donors (Lipinski definition) is 0. The number of para-hydroxylation sites is 2. The predicted octanol–water partition coefficient (Wildman–Crippen LogP) is 27.7. The van der Waals surface area contributed by atoms with Crippen LogP contribution in [0.2, 0.25) is 0 Å². The standard InChI is InChI=1S/C54H36N4O.C51H30N4OS/c1-54(2)44-21-11-9-18-38(44)39-27-25-36(30-45(39)54)52-55-51(34-16-7-4-8-17-34)56-53(57-52)43-20-13-23-48-50(43)42-29-26-37(32-49(42)59-48)58-46-22-12-10-19-40(46)41-28-24-35(31-47(41)58)33-14-5-3-6-15-33;1-3-13-31(14-4-1)33-25-27-36-35-17-7-9-22-42(35)55(43(36)29-33)34-26-28-39-45(30-34)56-44-23-12-20-40(47(39)44)50-52-49(32-15-5-2-6-16-32)53-51(54-50)41-21-11-19-38-37-18-8-10-24-46(37)57-48(38)41/h3-32H,1-2H3;1-30H. The highest BCUT2D eigenvalue weighted by Gasteiger charge is 2.36. The van der Waals surface area contributed by atoms with Crippen LogP contribution in [0, 0.1) is 0 Å². The van der Waals surface area contributed by atoms with Gasteiger partial charge in [0.2, 0.25) is 0 Å². The molecule has 0 atom stereocenters. The van der Waals surface area contributed by atoms with Gasteiger partial charge in [-0.2, -0.15) is 0 Å². The van der Waals surface area contributed by atoms with Crippen LogP contribution in [-0.4, -0.2) is 39.0 Å². The Hall–Kier alpha value is -15.0. The Morgan fingerprint density at radius 2 is 0.629 bits per heavy atom. The lowest BCUT2D eigenvalue weighted by Crippen LogP contribution is -2.15. The molecule has 7 aromatic heterocycles. The van der Waals surface area contributed by atoms with Crippen molar-refractivity contribution in [3.63, 3.8) is 0 Å². The summed E-state index contributed by atoms with van der Waals surface area (Å²) in [6.45, 7) is 4.60. The maximum Gasteiger partial charge on any atom is 0.165 e. The molecule has 0 aliphatic heterocycles. The molecule has 0 radical (unpaired) electrons. The van der Waals surface area contributed by atoms with Gasteiger partial charge in [-0.25, -0.2) is 29.9 Å². The zero-order valence-corrected chi connectivity index (χ0v) is 63.8. The van der Waals surface area contributed by atoms with Gasteiger partial charge in [-0.1, -0.05) is 287 Å². The van der Waals surface area contributed by atoms with Crippen LogP contribution in [-0.2, 0) is 5.41 Å². The molecule has 0 fully saturated rings. The minimum Gasteiger partial charge on any atom is -0.456 e. The molecule has 0 amide bonds. The topological polar surface area (TPSA) is 113 Å². The van der Waals surface area contributed by atoms with Gasteiger partial charge in [0.05, 0.1) is 22.1 Å². The highest BCUT2D eigenvalue weighted by molar-refractivity contribution is 7.26. The molecule has 24 rings (SSSR count). The lowest BCUT2D eigenvalue weighted by molar-refractivity contribution is 0.660. The van der Waals surface area contributed by atoms with Crippen LogP contribution >= 0.6 is 11.3 Å². The van der Waals surface area contributed by atoms with Crippen LogP contribution in [0.15, 0.2) is 373 Å². The average Bonchev–Trinajstić information content (AvgIpc) is 1.58. The van der Waals surface area contributed by atoms with E-state index in [1.54, 1.807) is 11.3 Å². The second-order valence-corrected chi connectivity index (χ2v) is 31.4. The van der Waals surface area contributed by atoms with Crippen molar-refractivity contribution in [3.05, 3.63) is 375 Å². The SMILES string of the molecule is CC1(C)c2ccccc2-c2ccc(-c3nc(-c4ccccc4)nc(-c4cccc5oc6cc(-n7c8ccccc8c8ccc(-c9ccccc9)cc87)ccc6c45)n3)cc21.c1ccc(-c2ccc3c4ccccc4n(-c4ccc5c(c4)oc4cccc(-c6nc(-c7ccccc7)nc(-c7cccc8c7sc7ccccc78)n6)c45)c3c2)cc1. The molecule has 1 aliphatic rings. The molecule has 0 saturated carbocycles. The van der Waals surface area contributed by atoms with Crippen LogP contribution in [0.3, 0.4) is 0 Å². The number of thiophene rings is 1. The molecule has 0 N–H and O–H groups in total. The normalized spacial score (nSPS) is 12.5. The molecular weight excluding hydrogens is 1440 g/mol. The van der Waals surface area contributed by atoms with E-state index in [0.717, 1.165) is 115 Å². The molecule has 0 spiro atoms. The van der Waals surface area contributed by atoms with Gasteiger partial charge in [0.25, 0.3) is 0 Å². The molecular formula is C105H66N8O2S. The first-order chi connectivity index (χ1) is 57.2. The molecule has 0 bridgehead atoms. The lowest BCUT2D eigenvalue weighted by Gasteiger charge is -2.21. The van der Waals surface area contributed by atoms with Gasteiger partial charge < -0.3 is 18.0 Å². The van der Waals surface area contributed by atoms with Gasteiger partial charge in [0, 0.05) is 126 Å². The van der Waals surface area contributed by atoms with Crippen molar-refractivity contribution < 1.29 is 8.83 Å². The summed E-state index contributed by atoms with van der Waals surface area (Å²) in [4.78, 5) is 31.1. The molecule has 544 valence electrons. The number of aromatic nitrogens is 8. The molecule has 7 heterocycles. The highest BCUT2D eigenvalue weighted by Crippen LogP contribution is 2.51. The van der Waals surface area contributed by atoms with E-state index in [1.807, 2.05) is 60.7 Å². The van der Waals surface area contributed by atoms with Gasteiger partial charge in [-0.05, 0) is 123 Å². The van der Waals surface area contributed by atoms with Gasteiger partial charge in [-0.3, -0.25) is 0 Å². The molecule has 10 nitrogen and oxygen atoms in total. The van der Waals surface area contributed by atoms with E-state index in [9.17, 15) is 0 Å². The third kappa shape index (κ3) is 10.8. The molecule has 116 heavy (non-hydrogen) atoms.